The van der Waals surface area contributed by atoms with E-state index in [-0.39, 0.29) is 5.91 Å². The Morgan fingerprint density at radius 1 is 1.24 bits per heavy atom. The summed E-state index contributed by atoms with van der Waals surface area (Å²) in [5, 5.41) is 9.49. The zero-order valence-electron chi connectivity index (χ0n) is 13.9. The second-order valence-electron chi connectivity index (χ2n) is 6.24. The van der Waals surface area contributed by atoms with Crippen LogP contribution in [0.2, 0.25) is 0 Å². The minimum absolute atomic E-state index is 0.0612. The number of carbonyl (C=O) groups excluding carboxylic acids is 1. The van der Waals surface area contributed by atoms with Crippen LogP contribution in [-0.4, -0.2) is 33.7 Å². The number of benzene rings is 1. The lowest BCUT2D eigenvalue weighted by Gasteiger charge is -2.26. The molecule has 0 saturated carbocycles. The molecule has 3 aromatic rings. The van der Waals surface area contributed by atoms with Crippen LogP contribution in [0.1, 0.15) is 16.0 Å². The van der Waals surface area contributed by atoms with Crippen LogP contribution in [0.15, 0.2) is 54.2 Å². The second kappa shape index (κ2) is 7.21. The van der Waals surface area contributed by atoms with Crippen molar-refractivity contribution in [2.24, 2.45) is 0 Å². The molecule has 0 fully saturated rings. The van der Waals surface area contributed by atoms with E-state index in [4.69, 9.17) is 0 Å². The highest BCUT2D eigenvalue weighted by atomic mass is 32.1. The lowest BCUT2D eigenvalue weighted by molar-refractivity contribution is -0.122. The summed E-state index contributed by atoms with van der Waals surface area (Å²) in [7, 11) is 0. The standard InChI is InChI=1S/C19H20N4OS/c24-19(14-22-8-6-18-16(13-22)7-9-25-18)20-10-15-11-21-23(12-15)17-4-2-1-3-5-17/h1-5,7,9,11-12H,6,8,10,13-14H2,(H,20,24). The number of para-hydroxylation sites is 1. The van der Waals surface area contributed by atoms with Gasteiger partial charge < -0.3 is 5.32 Å². The van der Waals surface area contributed by atoms with E-state index in [1.807, 2.05) is 52.5 Å². The number of hydrogen-bond acceptors (Lipinski definition) is 4. The molecule has 0 aliphatic carbocycles. The average Bonchev–Trinajstić information content (AvgIpc) is 3.30. The second-order valence-corrected chi connectivity index (χ2v) is 7.24. The van der Waals surface area contributed by atoms with E-state index in [0.717, 1.165) is 30.8 Å². The van der Waals surface area contributed by atoms with Crippen LogP contribution in [0.5, 0.6) is 0 Å². The Hall–Kier alpha value is -2.44. The van der Waals surface area contributed by atoms with Gasteiger partial charge in [-0.2, -0.15) is 5.10 Å². The summed E-state index contributed by atoms with van der Waals surface area (Å²) in [6, 6.07) is 12.1. The first-order valence-corrected chi connectivity index (χ1v) is 9.29. The lowest BCUT2D eigenvalue weighted by atomic mass is 10.1. The highest BCUT2D eigenvalue weighted by Gasteiger charge is 2.19. The Bertz CT molecular complexity index is 855. The van der Waals surface area contributed by atoms with E-state index in [1.54, 1.807) is 6.20 Å². The Morgan fingerprint density at radius 2 is 2.12 bits per heavy atom. The molecule has 4 rings (SSSR count). The zero-order chi connectivity index (χ0) is 17.1. The molecular weight excluding hydrogens is 332 g/mol. The number of amides is 1. The maximum absolute atomic E-state index is 12.2. The van der Waals surface area contributed by atoms with Gasteiger partial charge in [-0.3, -0.25) is 9.69 Å². The third kappa shape index (κ3) is 3.81. The van der Waals surface area contributed by atoms with E-state index in [1.165, 1.54) is 10.4 Å². The molecule has 1 amide bonds. The molecule has 1 aromatic carbocycles. The van der Waals surface area contributed by atoms with Gasteiger partial charge in [0.15, 0.2) is 0 Å². The molecule has 1 aliphatic heterocycles. The van der Waals surface area contributed by atoms with E-state index < -0.39 is 0 Å². The van der Waals surface area contributed by atoms with Gasteiger partial charge >= 0.3 is 0 Å². The molecule has 1 N–H and O–H groups in total. The summed E-state index contributed by atoms with van der Waals surface area (Å²) in [6.45, 7) is 2.77. The van der Waals surface area contributed by atoms with Gasteiger partial charge in [-0.05, 0) is 35.6 Å². The zero-order valence-corrected chi connectivity index (χ0v) is 14.7. The third-order valence-corrected chi connectivity index (χ3v) is 5.42. The van der Waals surface area contributed by atoms with Crippen molar-refractivity contribution >= 4 is 17.2 Å². The van der Waals surface area contributed by atoms with Gasteiger partial charge in [0.05, 0.1) is 18.4 Å². The van der Waals surface area contributed by atoms with E-state index in [0.29, 0.717) is 13.1 Å². The van der Waals surface area contributed by atoms with Crippen molar-refractivity contribution in [1.82, 2.24) is 20.0 Å². The van der Waals surface area contributed by atoms with Crippen LogP contribution in [0.4, 0.5) is 0 Å². The van der Waals surface area contributed by atoms with Crippen LogP contribution in [0.25, 0.3) is 5.69 Å². The summed E-state index contributed by atoms with van der Waals surface area (Å²) in [5.74, 6) is 0.0612. The quantitative estimate of drug-likeness (QED) is 0.768. The SMILES string of the molecule is O=C(CN1CCc2sccc2C1)NCc1cnn(-c2ccccc2)c1. The summed E-state index contributed by atoms with van der Waals surface area (Å²) >= 11 is 1.82. The number of nitrogens with one attached hydrogen (secondary N) is 1. The molecule has 25 heavy (non-hydrogen) atoms. The largest absolute Gasteiger partial charge is 0.351 e. The molecule has 0 radical (unpaired) electrons. The lowest BCUT2D eigenvalue weighted by Crippen LogP contribution is -2.39. The van der Waals surface area contributed by atoms with Crippen LogP contribution < -0.4 is 5.32 Å². The molecular formula is C19H20N4OS. The molecule has 0 spiro atoms. The van der Waals surface area contributed by atoms with Gasteiger partial charge in [0.25, 0.3) is 0 Å². The molecule has 0 atom stereocenters. The Kier molecular flexibility index (Phi) is 4.63. The summed E-state index contributed by atoms with van der Waals surface area (Å²) in [6.07, 6.45) is 4.80. The predicted octanol–water partition coefficient (Wildman–Crippen LogP) is 2.61. The number of carbonyl (C=O) groups is 1. The fourth-order valence-corrected chi connectivity index (χ4v) is 3.96. The molecule has 0 unspecified atom stereocenters. The van der Waals surface area contributed by atoms with Gasteiger partial charge in [0.2, 0.25) is 5.91 Å². The molecule has 1 aliphatic rings. The van der Waals surface area contributed by atoms with Crippen LogP contribution in [0, 0.1) is 0 Å². The number of nitrogens with zero attached hydrogens (tertiary/aromatic N) is 3. The third-order valence-electron chi connectivity index (χ3n) is 4.40. The molecule has 128 valence electrons. The molecule has 0 bridgehead atoms. The van der Waals surface area contributed by atoms with Crippen molar-refractivity contribution in [2.75, 3.05) is 13.1 Å². The van der Waals surface area contributed by atoms with Crippen LogP contribution >= 0.6 is 11.3 Å². The Balaban J connectivity index is 1.29. The fourth-order valence-electron chi connectivity index (χ4n) is 3.07. The topological polar surface area (TPSA) is 50.2 Å². The maximum Gasteiger partial charge on any atom is 0.234 e. The first-order chi connectivity index (χ1) is 12.3. The minimum Gasteiger partial charge on any atom is -0.351 e. The normalized spacial score (nSPS) is 14.2. The van der Waals surface area contributed by atoms with Gasteiger partial charge in [-0.15, -0.1) is 11.3 Å². The fraction of sp³-hybridized carbons (Fsp3) is 0.263. The smallest absolute Gasteiger partial charge is 0.234 e. The Labute approximate surface area is 150 Å². The highest BCUT2D eigenvalue weighted by molar-refractivity contribution is 7.10. The van der Waals surface area contributed by atoms with E-state index >= 15 is 0 Å². The van der Waals surface area contributed by atoms with Crippen molar-refractivity contribution in [3.05, 3.63) is 70.2 Å². The number of fused-ring (bicyclic) bond motifs is 1. The summed E-state index contributed by atoms with van der Waals surface area (Å²) in [4.78, 5) is 15.9. The highest BCUT2D eigenvalue weighted by Crippen LogP contribution is 2.23. The van der Waals surface area contributed by atoms with Crippen molar-refractivity contribution < 1.29 is 4.79 Å². The number of aromatic nitrogens is 2. The van der Waals surface area contributed by atoms with E-state index in [2.05, 4.69) is 26.8 Å². The van der Waals surface area contributed by atoms with Crippen molar-refractivity contribution in [3.63, 3.8) is 0 Å². The molecule has 3 heterocycles. The summed E-state index contributed by atoms with van der Waals surface area (Å²) < 4.78 is 1.82. The van der Waals surface area contributed by atoms with Gasteiger partial charge in [-0.1, -0.05) is 18.2 Å². The van der Waals surface area contributed by atoms with Crippen molar-refractivity contribution in [2.45, 2.75) is 19.5 Å². The van der Waals surface area contributed by atoms with Crippen LogP contribution in [0.3, 0.4) is 0 Å². The Morgan fingerprint density at radius 3 is 3.00 bits per heavy atom. The predicted molar refractivity (Wildman–Crippen MR) is 98.7 cm³/mol. The van der Waals surface area contributed by atoms with Gasteiger partial charge in [-0.25, -0.2) is 4.68 Å². The average molecular weight is 352 g/mol. The van der Waals surface area contributed by atoms with E-state index in [9.17, 15) is 4.79 Å². The molecule has 2 aromatic heterocycles. The molecule has 0 saturated heterocycles. The number of rotatable bonds is 5. The minimum atomic E-state index is 0.0612. The summed E-state index contributed by atoms with van der Waals surface area (Å²) in [5.41, 5.74) is 3.38. The van der Waals surface area contributed by atoms with Crippen molar-refractivity contribution in [1.29, 1.82) is 0 Å². The molecule has 5 nitrogen and oxygen atoms in total. The van der Waals surface area contributed by atoms with Crippen molar-refractivity contribution in [3.8, 4) is 5.69 Å². The maximum atomic E-state index is 12.2. The molecule has 6 heteroatoms. The number of thiophene rings is 1. The van der Waals surface area contributed by atoms with Gasteiger partial charge in [0.1, 0.15) is 0 Å². The monoisotopic (exact) mass is 352 g/mol. The first kappa shape index (κ1) is 16.1. The number of hydrogen-bond donors (Lipinski definition) is 1. The van der Waals surface area contributed by atoms with Gasteiger partial charge in [0, 0.05) is 36.3 Å². The first-order valence-electron chi connectivity index (χ1n) is 8.41. The van der Waals surface area contributed by atoms with Crippen LogP contribution in [-0.2, 0) is 24.3 Å².